The summed E-state index contributed by atoms with van der Waals surface area (Å²) in [7, 11) is 0. The van der Waals surface area contributed by atoms with Gasteiger partial charge in [0, 0.05) is 19.4 Å². The largest absolute Gasteiger partial charge is 0.512 e. The Bertz CT molecular complexity index is 2030. The number of aromatic amines is 1. The van der Waals surface area contributed by atoms with E-state index in [1.807, 2.05) is 55.5 Å². The number of hydrogen-bond acceptors (Lipinski definition) is 14. The van der Waals surface area contributed by atoms with Crippen molar-refractivity contribution in [3.8, 4) is 28.5 Å². The van der Waals surface area contributed by atoms with Crippen LogP contribution in [-0.4, -0.2) is 98.8 Å². The van der Waals surface area contributed by atoms with Gasteiger partial charge in [0.15, 0.2) is 12.2 Å². The van der Waals surface area contributed by atoms with Gasteiger partial charge in [0.1, 0.15) is 12.2 Å². The number of benzene rings is 3. The summed E-state index contributed by atoms with van der Waals surface area (Å²) in [6, 6.07) is 21.1. The molecule has 5 aromatic rings. The van der Waals surface area contributed by atoms with E-state index in [9.17, 15) is 14.4 Å². The van der Waals surface area contributed by atoms with Crippen LogP contribution in [0.4, 0.5) is 4.79 Å². The van der Waals surface area contributed by atoms with E-state index >= 15 is 0 Å². The molecule has 0 saturated carbocycles. The number of para-hydroxylation sites is 1. The zero-order valence-corrected chi connectivity index (χ0v) is 27.9. The summed E-state index contributed by atoms with van der Waals surface area (Å²) < 4.78 is 40.5. The summed E-state index contributed by atoms with van der Waals surface area (Å²) in [5.41, 5.74) is 4.84. The van der Waals surface area contributed by atoms with Crippen molar-refractivity contribution in [2.75, 3.05) is 19.8 Å². The minimum Gasteiger partial charge on any atom is -0.465 e. The van der Waals surface area contributed by atoms with Crippen molar-refractivity contribution in [3.63, 3.8) is 0 Å². The van der Waals surface area contributed by atoms with E-state index in [0.29, 0.717) is 42.5 Å². The fraction of sp³-hybridized carbons (Fsp3) is 0.343. The third kappa shape index (κ3) is 6.95. The van der Waals surface area contributed by atoms with Crippen molar-refractivity contribution >= 4 is 29.6 Å². The number of ether oxygens (including phenoxy) is 7. The fourth-order valence-electron chi connectivity index (χ4n) is 6.26. The van der Waals surface area contributed by atoms with Crippen LogP contribution in [0.15, 0.2) is 66.7 Å². The molecule has 0 aliphatic carbocycles. The molecule has 2 aromatic heterocycles. The molecule has 0 spiro atoms. The smallest absolute Gasteiger partial charge is 0.465 e. The van der Waals surface area contributed by atoms with E-state index in [2.05, 4.69) is 25.6 Å². The molecular weight excluding hydrogens is 664 g/mol. The Morgan fingerprint density at radius 1 is 0.961 bits per heavy atom. The fourth-order valence-corrected chi connectivity index (χ4v) is 6.26. The van der Waals surface area contributed by atoms with Crippen LogP contribution in [0.5, 0.6) is 6.01 Å². The Morgan fingerprint density at radius 3 is 2.43 bits per heavy atom. The third-order valence-corrected chi connectivity index (χ3v) is 8.45. The van der Waals surface area contributed by atoms with Gasteiger partial charge in [0.25, 0.3) is 18.3 Å². The van der Waals surface area contributed by atoms with Crippen molar-refractivity contribution in [1.82, 2.24) is 30.2 Å². The number of tetrazole rings is 1. The van der Waals surface area contributed by atoms with Gasteiger partial charge in [0.2, 0.25) is 5.82 Å². The number of nitrogens with one attached hydrogen (secondary N) is 1. The maximum Gasteiger partial charge on any atom is 0.512 e. The average molecular weight is 699 g/mol. The molecule has 51 heavy (non-hydrogen) atoms. The summed E-state index contributed by atoms with van der Waals surface area (Å²) in [5.74, 6) is -1.99. The van der Waals surface area contributed by atoms with Gasteiger partial charge >= 0.3 is 12.1 Å². The Kier molecular flexibility index (Phi) is 9.34. The van der Waals surface area contributed by atoms with Crippen LogP contribution in [0, 0.1) is 0 Å². The molecule has 264 valence electrons. The van der Waals surface area contributed by atoms with Crippen molar-refractivity contribution in [2.24, 2.45) is 0 Å². The van der Waals surface area contributed by atoms with E-state index in [0.717, 1.165) is 22.3 Å². The van der Waals surface area contributed by atoms with Gasteiger partial charge in [0.05, 0.1) is 43.0 Å². The zero-order valence-electron chi connectivity index (χ0n) is 27.9. The highest BCUT2D eigenvalue weighted by molar-refractivity contribution is 6.02. The Balaban J connectivity index is 1.08. The second-order valence-electron chi connectivity index (χ2n) is 12.2. The van der Waals surface area contributed by atoms with E-state index in [1.165, 1.54) is 13.8 Å². The normalized spacial score (nSPS) is 19.7. The molecule has 0 bridgehead atoms. The number of rotatable bonds is 12. The number of H-pyrrole nitrogens is 1. The van der Waals surface area contributed by atoms with Gasteiger partial charge in [-0.25, -0.2) is 9.59 Å². The lowest BCUT2D eigenvalue weighted by atomic mass is 9.98. The van der Waals surface area contributed by atoms with E-state index in [4.69, 9.17) is 33.2 Å². The van der Waals surface area contributed by atoms with Gasteiger partial charge in [-0.2, -0.15) is 10.2 Å². The SMILES string of the molecule is CCOc1nc2cccc(C(=O)OC(C)(C)OC(=O)O[C@@H]3CO[C@@H]4[C@H]3OC[C@H]4OC=O)c2n1Cc1ccc(-c2ccccc2-c2nn[nH]n2)cc1. The first-order valence-corrected chi connectivity index (χ1v) is 16.2. The molecule has 0 radical (unpaired) electrons. The molecule has 2 fully saturated rings. The number of esters is 1. The molecule has 2 aliphatic heterocycles. The molecule has 2 saturated heterocycles. The highest BCUT2D eigenvalue weighted by atomic mass is 16.8. The molecule has 16 heteroatoms. The molecule has 7 rings (SSSR count). The quantitative estimate of drug-likeness (QED) is 0.0849. The molecule has 2 aliphatic rings. The van der Waals surface area contributed by atoms with Crippen LogP contribution < -0.4 is 4.74 Å². The number of carbonyl (C=O) groups is 3. The van der Waals surface area contributed by atoms with Crippen molar-refractivity contribution in [1.29, 1.82) is 0 Å². The lowest BCUT2D eigenvalue weighted by Gasteiger charge is -2.26. The van der Waals surface area contributed by atoms with Crippen molar-refractivity contribution in [3.05, 3.63) is 77.9 Å². The molecule has 4 atom stereocenters. The molecule has 16 nitrogen and oxygen atoms in total. The van der Waals surface area contributed by atoms with Crippen LogP contribution in [0.1, 0.15) is 36.7 Å². The average Bonchev–Trinajstić information content (AvgIpc) is 3.92. The van der Waals surface area contributed by atoms with Crippen molar-refractivity contribution in [2.45, 2.75) is 57.5 Å². The first kappa shape index (κ1) is 33.6. The second kappa shape index (κ2) is 14.2. The Morgan fingerprint density at radius 2 is 1.71 bits per heavy atom. The highest BCUT2D eigenvalue weighted by Gasteiger charge is 2.51. The first-order valence-electron chi connectivity index (χ1n) is 16.2. The lowest BCUT2D eigenvalue weighted by Crippen LogP contribution is -2.38. The topological polar surface area (TPSA) is 188 Å². The standard InChI is InChI=1S/C35H34N6O10/c1-4-45-33-36-25-11-7-10-24(32(43)50-35(2,3)51-34(44)49-27-18-47-29-26(48-19-42)17-46-30(27)29)28(25)41(33)16-20-12-14-21(15-13-20)22-8-5-6-9-23(22)31-37-39-40-38-31/h5-15,19,26-27,29-30H,4,16-18H2,1-3H3,(H,37,38,39,40)/t26-,27-,29+,30+/m1/s1. The predicted octanol–water partition coefficient (Wildman–Crippen LogP) is 4.08. The maximum absolute atomic E-state index is 13.7. The van der Waals surface area contributed by atoms with E-state index in [-0.39, 0.29) is 18.8 Å². The van der Waals surface area contributed by atoms with Gasteiger partial charge in [-0.3, -0.25) is 9.36 Å². The summed E-state index contributed by atoms with van der Waals surface area (Å²) in [4.78, 5) is 41.9. The molecule has 0 amide bonds. The Labute approximate surface area is 290 Å². The lowest BCUT2D eigenvalue weighted by molar-refractivity contribution is -0.162. The number of imidazole rings is 1. The molecule has 4 heterocycles. The van der Waals surface area contributed by atoms with E-state index < -0.39 is 42.3 Å². The maximum atomic E-state index is 13.7. The number of aromatic nitrogens is 6. The van der Waals surface area contributed by atoms with Crippen LogP contribution >= 0.6 is 0 Å². The number of fused-ring (bicyclic) bond motifs is 2. The third-order valence-electron chi connectivity index (χ3n) is 8.45. The second-order valence-corrected chi connectivity index (χ2v) is 12.2. The highest BCUT2D eigenvalue weighted by Crippen LogP contribution is 2.33. The summed E-state index contributed by atoms with van der Waals surface area (Å²) in [6.07, 6.45) is -3.68. The first-order chi connectivity index (χ1) is 24.7. The summed E-state index contributed by atoms with van der Waals surface area (Å²) in [6.45, 7) is 5.81. The van der Waals surface area contributed by atoms with Gasteiger partial charge < -0.3 is 33.2 Å². The van der Waals surface area contributed by atoms with Gasteiger partial charge in [-0.15, -0.1) is 10.2 Å². The minimum atomic E-state index is -1.73. The predicted molar refractivity (Wildman–Crippen MR) is 176 cm³/mol. The van der Waals surface area contributed by atoms with E-state index in [1.54, 1.807) is 22.8 Å². The minimum absolute atomic E-state index is 0.0216. The van der Waals surface area contributed by atoms with Crippen LogP contribution in [0.25, 0.3) is 33.5 Å². The molecule has 1 N–H and O–H groups in total. The summed E-state index contributed by atoms with van der Waals surface area (Å²) in [5, 5.41) is 14.4. The van der Waals surface area contributed by atoms with Gasteiger partial charge in [-0.1, -0.05) is 54.6 Å². The molecular formula is C35H34N6O10. The Hall–Kier alpha value is -5.87. The van der Waals surface area contributed by atoms with Gasteiger partial charge in [-0.05, 0) is 41.0 Å². The molecule has 3 aromatic carbocycles. The molecule has 0 unspecified atom stereocenters. The number of hydrogen-bond donors (Lipinski definition) is 1. The van der Waals surface area contributed by atoms with Crippen LogP contribution in [0.2, 0.25) is 0 Å². The van der Waals surface area contributed by atoms with Crippen molar-refractivity contribution < 1.29 is 47.5 Å². The summed E-state index contributed by atoms with van der Waals surface area (Å²) >= 11 is 0. The van der Waals surface area contributed by atoms with Crippen LogP contribution in [-0.2, 0) is 39.8 Å². The van der Waals surface area contributed by atoms with Crippen LogP contribution in [0.3, 0.4) is 0 Å². The zero-order chi connectivity index (χ0) is 35.5. The number of carbonyl (C=O) groups excluding carboxylic acids is 3. The number of nitrogens with zero attached hydrogens (tertiary/aromatic N) is 5. The monoisotopic (exact) mass is 698 g/mol.